The van der Waals surface area contributed by atoms with Crippen LogP contribution < -0.4 is 15.2 Å². The van der Waals surface area contributed by atoms with Crippen molar-refractivity contribution in [2.24, 2.45) is 0 Å². The third kappa shape index (κ3) is 5.04. The molecule has 0 aliphatic carbocycles. The number of ether oxygens (including phenoxy) is 2. The maximum atomic E-state index is 6.10. The quantitative estimate of drug-likeness (QED) is 0.623. The van der Waals surface area contributed by atoms with Gasteiger partial charge >= 0.3 is 6.01 Å². The van der Waals surface area contributed by atoms with Crippen molar-refractivity contribution in [3.63, 3.8) is 0 Å². The summed E-state index contributed by atoms with van der Waals surface area (Å²) in [5.74, 6) is 0.324. The van der Waals surface area contributed by atoms with Crippen LogP contribution in [0.5, 0.6) is 12.0 Å². The monoisotopic (exact) mass is 390 g/mol. The van der Waals surface area contributed by atoms with Crippen LogP contribution >= 0.6 is 0 Å². The summed E-state index contributed by atoms with van der Waals surface area (Å²) in [6.07, 6.45) is 8.41. The average molecular weight is 391 g/mol. The molecule has 0 aromatic carbocycles. The number of unbranched alkanes of at least 4 members (excludes halogenated alkanes) is 2. The van der Waals surface area contributed by atoms with Crippen LogP contribution in [0.2, 0.25) is 0 Å². The number of nitrogens with two attached hydrogens (primary N) is 1. The molecule has 0 saturated carbocycles. The zero-order chi connectivity index (χ0) is 19.9. The predicted octanol–water partition coefficient (Wildman–Crippen LogP) is 3.25. The highest BCUT2D eigenvalue weighted by Gasteiger charge is 2.18. The van der Waals surface area contributed by atoms with Gasteiger partial charge in [-0.1, -0.05) is 19.8 Å². The van der Waals surface area contributed by atoms with Crippen LogP contribution in [0.25, 0.3) is 11.2 Å². The van der Waals surface area contributed by atoms with E-state index in [9.17, 15) is 0 Å². The Kier molecular flexibility index (Phi) is 7.30. The first kappa shape index (κ1) is 20.6. The molecular formula is C20H34N6O2. The molecule has 1 atom stereocenters. The Morgan fingerprint density at radius 3 is 2.50 bits per heavy atom. The summed E-state index contributed by atoms with van der Waals surface area (Å²) in [5.41, 5.74) is 7.35. The van der Waals surface area contributed by atoms with Gasteiger partial charge < -0.3 is 20.1 Å². The van der Waals surface area contributed by atoms with Crippen LogP contribution in [0, 0.1) is 0 Å². The first-order valence-electron chi connectivity index (χ1n) is 10.6. The van der Waals surface area contributed by atoms with Gasteiger partial charge in [0.15, 0.2) is 17.0 Å². The van der Waals surface area contributed by atoms with Gasteiger partial charge in [-0.3, -0.25) is 4.57 Å². The van der Waals surface area contributed by atoms with Crippen molar-refractivity contribution in [1.29, 1.82) is 0 Å². The van der Waals surface area contributed by atoms with Crippen molar-refractivity contribution in [3.05, 3.63) is 0 Å². The SMILES string of the molecule is CC[C@H](C)Oc1nc(N)c2nc(OC)n(CCCCCN3CCCCC3)c2n1. The Morgan fingerprint density at radius 1 is 1.04 bits per heavy atom. The van der Waals surface area contributed by atoms with Crippen molar-refractivity contribution in [3.8, 4) is 12.0 Å². The molecule has 8 nitrogen and oxygen atoms in total. The van der Waals surface area contributed by atoms with E-state index in [0.717, 1.165) is 25.8 Å². The zero-order valence-electron chi connectivity index (χ0n) is 17.5. The molecule has 0 radical (unpaired) electrons. The van der Waals surface area contributed by atoms with Crippen molar-refractivity contribution in [2.45, 2.75) is 71.4 Å². The number of methoxy groups -OCH3 is 1. The number of anilines is 1. The first-order valence-corrected chi connectivity index (χ1v) is 10.6. The molecule has 8 heteroatoms. The van der Waals surface area contributed by atoms with Gasteiger partial charge in [0.2, 0.25) is 0 Å². The van der Waals surface area contributed by atoms with E-state index >= 15 is 0 Å². The lowest BCUT2D eigenvalue weighted by Crippen LogP contribution is -2.30. The molecule has 3 rings (SSSR count). The minimum absolute atomic E-state index is 0.0323. The van der Waals surface area contributed by atoms with Gasteiger partial charge in [-0.2, -0.15) is 15.0 Å². The number of aryl methyl sites for hydroxylation is 1. The number of nitrogen functional groups attached to an aromatic ring is 1. The molecule has 1 aliphatic heterocycles. The fraction of sp³-hybridized carbons (Fsp3) is 0.750. The molecule has 0 spiro atoms. The van der Waals surface area contributed by atoms with Gasteiger partial charge in [0.1, 0.15) is 0 Å². The maximum Gasteiger partial charge on any atom is 0.320 e. The number of likely N-dealkylation sites (tertiary alicyclic amines) is 1. The summed E-state index contributed by atoms with van der Waals surface area (Å²) in [7, 11) is 1.62. The lowest BCUT2D eigenvalue weighted by atomic mass is 10.1. The van der Waals surface area contributed by atoms with E-state index in [4.69, 9.17) is 15.2 Å². The number of hydrogen-bond acceptors (Lipinski definition) is 7. The van der Waals surface area contributed by atoms with Gasteiger partial charge in [-0.15, -0.1) is 0 Å². The molecule has 28 heavy (non-hydrogen) atoms. The molecule has 156 valence electrons. The number of rotatable bonds is 10. The van der Waals surface area contributed by atoms with E-state index in [-0.39, 0.29) is 6.10 Å². The maximum absolute atomic E-state index is 6.10. The Hall–Kier alpha value is -2.09. The number of hydrogen-bond donors (Lipinski definition) is 1. The van der Waals surface area contributed by atoms with Crippen molar-refractivity contribution in [1.82, 2.24) is 24.4 Å². The summed E-state index contributed by atoms with van der Waals surface area (Å²) in [6.45, 7) is 8.56. The molecular weight excluding hydrogens is 356 g/mol. The second kappa shape index (κ2) is 9.91. The van der Waals surface area contributed by atoms with Gasteiger partial charge in [0, 0.05) is 6.54 Å². The minimum atomic E-state index is 0.0323. The Labute approximate surface area is 167 Å². The third-order valence-corrected chi connectivity index (χ3v) is 5.43. The van der Waals surface area contributed by atoms with Gasteiger partial charge in [-0.25, -0.2) is 0 Å². The summed E-state index contributed by atoms with van der Waals surface area (Å²) in [4.78, 5) is 15.9. The molecule has 2 aromatic heterocycles. The van der Waals surface area contributed by atoms with Crippen LogP contribution in [0.3, 0.4) is 0 Å². The number of imidazole rings is 1. The minimum Gasteiger partial charge on any atom is -0.468 e. The van der Waals surface area contributed by atoms with E-state index in [1.54, 1.807) is 7.11 Å². The van der Waals surface area contributed by atoms with Gasteiger partial charge in [0.25, 0.3) is 6.01 Å². The summed E-state index contributed by atoms with van der Waals surface area (Å²) in [6, 6.07) is 0.820. The largest absolute Gasteiger partial charge is 0.468 e. The fourth-order valence-corrected chi connectivity index (χ4v) is 3.62. The molecule has 2 N–H and O–H groups in total. The van der Waals surface area contributed by atoms with Crippen LogP contribution in [0.1, 0.15) is 58.8 Å². The lowest BCUT2D eigenvalue weighted by Gasteiger charge is -2.26. The predicted molar refractivity (Wildman–Crippen MR) is 111 cm³/mol. The third-order valence-electron chi connectivity index (χ3n) is 5.43. The topological polar surface area (TPSA) is 91.3 Å². The number of aromatic nitrogens is 4. The van der Waals surface area contributed by atoms with E-state index < -0.39 is 0 Å². The molecule has 0 bridgehead atoms. The molecule has 3 heterocycles. The standard InChI is InChI=1S/C20H34N6O2/c1-4-15(2)28-19-23-17(21)16-18(24-19)26(20(22-16)27-3)14-10-6-9-13-25-11-7-5-8-12-25/h15H,4-14H2,1-3H3,(H2,21,23,24)/t15-/m0/s1. The summed E-state index contributed by atoms with van der Waals surface area (Å²) < 4.78 is 13.2. The van der Waals surface area contributed by atoms with E-state index in [2.05, 4.69) is 26.8 Å². The fourth-order valence-electron chi connectivity index (χ4n) is 3.62. The molecule has 1 fully saturated rings. The van der Waals surface area contributed by atoms with Crippen molar-refractivity contribution < 1.29 is 9.47 Å². The van der Waals surface area contributed by atoms with Crippen molar-refractivity contribution in [2.75, 3.05) is 32.5 Å². The average Bonchev–Trinajstić information content (AvgIpc) is 3.06. The van der Waals surface area contributed by atoms with Crippen LogP contribution in [-0.4, -0.2) is 57.3 Å². The van der Waals surface area contributed by atoms with Crippen LogP contribution in [0.15, 0.2) is 0 Å². The molecule has 1 saturated heterocycles. The molecule has 2 aromatic rings. The Morgan fingerprint density at radius 2 is 1.79 bits per heavy atom. The highest BCUT2D eigenvalue weighted by molar-refractivity contribution is 5.83. The molecule has 1 aliphatic rings. The normalized spacial score (nSPS) is 16.4. The summed E-state index contributed by atoms with van der Waals surface area (Å²) in [5, 5.41) is 0. The van der Waals surface area contributed by atoms with E-state index in [0.29, 0.717) is 29.0 Å². The molecule has 0 amide bonds. The highest BCUT2D eigenvalue weighted by atomic mass is 16.5. The smallest absolute Gasteiger partial charge is 0.320 e. The summed E-state index contributed by atoms with van der Waals surface area (Å²) >= 11 is 0. The van der Waals surface area contributed by atoms with Gasteiger partial charge in [-0.05, 0) is 58.7 Å². The number of nitrogens with zero attached hydrogens (tertiary/aromatic N) is 5. The first-order chi connectivity index (χ1) is 13.6. The van der Waals surface area contributed by atoms with Crippen molar-refractivity contribution >= 4 is 17.0 Å². The van der Waals surface area contributed by atoms with Crippen LogP contribution in [-0.2, 0) is 6.54 Å². The van der Waals surface area contributed by atoms with E-state index in [1.165, 1.54) is 45.3 Å². The van der Waals surface area contributed by atoms with Crippen LogP contribution in [0.4, 0.5) is 5.82 Å². The Bertz CT molecular complexity index is 757. The Balaban J connectivity index is 1.64. The highest BCUT2D eigenvalue weighted by Crippen LogP contribution is 2.26. The molecule has 0 unspecified atom stereocenters. The number of piperidine rings is 1. The lowest BCUT2D eigenvalue weighted by molar-refractivity contribution is 0.200. The second-order valence-corrected chi connectivity index (χ2v) is 7.61. The second-order valence-electron chi connectivity index (χ2n) is 7.61. The van der Waals surface area contributed by atoms with E-state index in [1.807, 2.05) is 11.5 Å². The zero-order valence-corrected chi connectivity index (χ0v) is 17.5. The van der Waals surface area contributed by atoms with Gasteiger partial charge in [0.05, 0.1) is 13.2 Å². The number of fused-ring (bicyclic) bond motifs is 1.